The number of carbonyl (C=O) groups is 3. The number of fused-ring (bicyclic) bond motifs is 2. The van der Waals surface area contributed by atoms with Crippen molar-refractivity contribution in [3.63, 3.8) is 0 Å². The first-order valence-electron chi connectivity index (χ1n) is 7.65. The molecule has 0 aromatic heterocycles. The van der Waals surface area contributed by atoms with Crippen molar-refractivity contribution in [3.05, 3.63) is 0 Å². The molecule has 0 spiro atoms. The van der Waals surface area contributed by atoms with Crippen molar-refractivity contribution < 1.29 is 29.2 Å². The minimum Gasteiger partial charge on any atom is -0.447 e. The predicted molar refractivity (Wildman–Crippen MR) is 76.3 cm³/mol. The summed E-state index contributed by atoms with van der Waals surface area (Å²) in [5.41, 5.74) is 2.24. The summed E-state index contributed by atoms with van der Waals surface area (Å²) in [6, 6.07) is -1.48. The summed E-state index contributed by atoms with van der Waals surface area (Å²) in [5.74, 6) is -0.456. The van der Waals surface area contributed by atoms with Crippen LogP contribution < -0.4 is 10.8 Å². The first-order chi connectivity index (χ1) is 11.0. The lowest BCUT2D eigenvalue weighted by Gasteiger charge is -2.28. The van der Waals surface area contributed by atoms with Gasteiger partial charge in [-0.2, -0.15) is 0 Å². The van der Waals surface area contributed by atoms with E-state index < -0.39 is 24.1 Å². The Morgan fingerprint density at radius 1 is 1.35 bits per heavy atom. The van der Waals surface area contributed by atoms with Gasteiger partial charge in [-0.1, -0.05) is 6.92 Å². The van der Waals surface area contributed by atoms with Gasteiger partial charge in [-0.05, 0) is 19.3 Å². The zero-order valence-electron chi connectivity index (χ0n) is 13.0. The molecule has 0 unspecified atom stereocenters. The Bertz CT molecular complexity index is 460. The van der Waals surface area contributed by atoms with Gasteiger partial charge in [0.2, 0.25) is 0 Å². The van der Waals surface area contributed by atoms with Crippen LogP contribution in [0.4, 0.5) is 9.59 Å². The number of alkyl carbamates (subject to hydrolysis) is 1. The van der Waals surface area contributed by atoms with Crippen molar-refractivity contribution in [2.45, 2.75) is 38.3 Å². The van der Waals surface area contributed by atoms with Crippen molar-refractivity contribution >= 4 is 18.0 Å². The van der Waals surface area contributed by atoms with E-state index in [2.05, 4.69) is 10.8 Å². The van der Waals surface area contributed by atoms with Gasteiger partial charge in [0, 0.05) is 13.1 Å². The van der Waals surface area contributed by atoms with E-state index in [4.69, 9.17) is 9.57 Å². The summed E-state index contributed by atoms with van der Waals surface area (Å²) in [4.78, 5) is 41.2. The summed E-state index contributed by atoms with van der Waals surface area (Å²) < 4.78 is 4.82. The molecule has 2 saturated heterocycles. The highest BCUT2D eigenvalue weighted by atomic mass is 16.7. The van der Waals surface area contributed by atoms with Crippen molar-refractivity contribution in [1.29, 1.82) is 0 Å². The minimum atomic E-state index is -0.662. The number of piperidine rings is 1. The maximum atomic E-state index is 12.0. The lowest BCUT2D eigenvalue weighted by molar-refractivity contribution is -0.139. The molecule has 2 fully saturated rings. The Balaban J connectivity index is 1.64. The molecule has 0 aliphatic carbocycles. The first kappa shape index (κ1) is 17.3. The number of nitrogens with zero attached hydrogens (tertiary/aromatic N) is 2. The normalized spacial score (nSPS) is 23.0. The largest absolute Gasteiger partial charge is 0.447 e. The summed E-state index contributed by atoms with van der Waals surface area (Å²) in [6.45, 7) is 2.78. The number of nitrogens with one attached hydrogen (secondary N) is 2. The van der Waals surface area contributed by atoms with Gasteiger partial charge in [0.05, 0.1) is 6.04 Å². The molecule has 2 aliphatic heterocycles. The number of rotatable bonds is 7. The Labute approximate surface area is 133 Å². The Kier molecular flexibility index (Phi) is 5.99. The maximum Gasteiger partial charge on any atom is 0.407 e. The molecule has 4 amide bonds. The maximum absolute atomic E-state index is 12.0. The number of hydrogen-bond acceptors (Lipinski definition) is 6. The molecular weight excluding hydrogens is 308 g/mol. The van der Waals surface area contributed by atoms with E-state index in [1.165, 1.54) is 4.90 Å². The molecule has 2 rings (SSSR count). The molecule has 130 valence electrons. The Morgan fingerprint density at radius 2 is 2.13 bits per heavy atom. The molecule has 10 heteroatoms. The van der Waals surface area contributed by atoms with E-state index >= 15 is 0 Å². The zero-order chi connectivity index (χ0) is 16.8. The number of hydrogen-bond donors (Lipinski definition) is 3. The van der Waals surface area contributed by atoms with Crippen LogP contribution in [0.3, 0.4) is 0 Å². The Morgan fingerprint density at radius 3 is 2.87 bits per heavy atom. The monoisotopic (exact) mass is 330 g/mol. The molecule has 2 aliphatic rings. The second kappa shape index (κ2) is 7.97. The van der Waals surface area contributed by atoms with Gasteiger partial charge >= 0.3 is 12.1 Å². The van der Waals surface area contributed by atoms with Gasteiger partial charge in [0.15, 0.2) is 0 Å². The van der Waals surface area contributed by atoms with Crippen LogP contribution in [0, 0.1) is 0 Å². The lowest BCUT2D eigenvalue weighted by Crippen LogP contribution is -2.49. The van der Waals surface area contributed by atoms with Gasteiger partial charge in [0.25, 0.3) is 5.91 Å². The minimum absolute atomic E-state index is 0.000696. The van der Waals surface area contributed by atoms with E-state index in [0.29, 0.717) is 31.0 Å². The van der Waals surface area contributed by atoms with Crippen LogP contribution in [0.5, 0.6) is 0 Å². The van der Waals surface area contributed by atoms with Crippen LogP contribution in [-0.4, -0.2) is 71.6 Å². The van der Waals surface area contributed by atoms with Gasteiger partial charge < -0.3 is 15.0 Å². The second-order valence-corrected chi connectivity index (χ2v) is 5.40. The fourth-order valence-corrected chi connectivity index (χ4v) is 2.57. The molecular formula is C13H22N4O6. The lowest BCUT2D eigenvalue weighted by atomic mass is 10.0. The molecule has 23 heavy (non-hydrogen) atoms. The smallest absolute Gasteiger partial charge is 0.407 e. The topological polar surface area (TPSA) is 120 Å². The summed E-state index contributed by atoms with van der Waals surface area (Å²) in [7, 11) is 0. The third kappa shape index (κ3) is 4.23. The number of hydroxylamine groups is 3. The van der Waals surface area contributed by atoms with Crippen LogP contribution in [0.2, 0.25) is 0 Å². The molecule has 0 aromatic rings. The molecule has 2 atom stereocenters. The highest BCUT2D eigenvalue weighted by molar-refractivity contribution is 5.87. The molecule has 2 heterocycles. The predicted octanol–water partition coefficient (Wildman–Crippen LogP) is -0.172. The molecule has 10 nitrogen and oxygen atoms in total. The SMILES string of the molecule is CCCNC(=O)OCCONC(=O)[C@@H]1CC[C@@H]2CN1C(=O)N2O. The summed E-state index contributed by atoms with van der Waals surface area (Å²) >= 11 is 0. The van der Waals surface area contributed by atoms with Gasteiger partial charge in [-0.3, -0.25) is 14.8 Å². The highest BCUT2D eigenvalue weighted by Gasteiger charge is 2.46. The van der Waals surface area contributed by atoms with Gasteiger partial charge in [-0.25, -0.2) is 20.1 Å². The van der Waals surface area contributed by atoms with Crippen molar-refractivity contribution in [1.82, 2.24) is 20.8 Å². The number of ether oxygens (including phenoxy) is 1. The average molecular weight is 330 g/mol. The fraction of sp³-hybridized carbons (Fsp3) is 0.769. The van der Waals surface area contributed by atoms with Crippen LogP contribution in [0.25, 0.3) is 0 Å². The first-order valence-corrected chi connectivity index (χ1v) is 7.65. The van der Waals surface area contributed by atoms with Crippen LogP contribution >= 0.6 is 0 Å². The van der Waals surface area contributed by atoms with E-state index in [1.54, 1.807) is 0 Å². The van der Waals surface area contributed by atoms with Crippen molar-refractivity contribution in [2.24, 2.45) is 0 Å². The van der Waals surface area contributed by atoms with E-state index in [1.807, 2.05) is 6.92 Å². The van der Waals surface area contributed by atoms with E-state index in [-0.39, 0.29) is 19.3 Å². The third-order valence-corrected chi connectivity index (χ3v) is 3.76. The number of carbonyl (C=O) groups excluding carboxylic acids is 3. The fourth-order valence-electron chi connectivity index (χ4n) is 2.57. The van der Waals surface area contributed by atoms with Crippen molar-refractivity contribution in [2.75, 3.05) is 26.3 Å². The standard InChI is InChI=1S/C13H22N4O6/c1-2-5-14-12(19)22-6-7-23-15-11(18)10-4-3-9-8-16(10)13(20)17(9)21/h9-10,21H,2-8H2,1H3,(H,14,19)(H,15,18)/t9-,10+/m1/s1. The quantitative estimate of drug-likeness (QED) is 0.338. The molecule has 0 radical (unpaired) electrons. The molecule has 0 saturated carbocycles. The molecule has 0 aromatic carbocycles. The van der Waals surface area contributed by atoms with E-state index in [9.17, 15) is 19.6 Å². The van der Waals surface area contributed by atoms with Gasteiger partial charge in [-0.15, -0.1) is 0 Å². The number of amides is 4. The zero-order valence-corrected chi connectivity index (χ0v) is 13.0. The van der Waals surface area contributed by atoms with Crippen LogP contribution in [-0.2, 0) is 14.4 Å². The van der Waals surface area contributed by atoms with Crippen LogP contribution in [0.1, 0.15) is 26.2 Å². The summed E-state index contributed by atoms with van der Waals surface area (Å²) in [6.07, 6.45) is 1.28. The highest BCUT2D eigenvalue weighted by Crippen LogP contribution is 2.28. The molecule has 3 N–H and O–H groups in total. The average Bonchev–Trinajstić information content (AvgIpc) is 2.77. The molecule has 2 bridgehead atoms. The van der Waals surface area contributed by atoms with Crippen molar-refractivity contribution in [3.8, 4) is 0 Å². The Hall–Kier alpha value is -2.07. The van der Waals surface area contributed by atoms with Crippen LogP contribution in [0.15, 0.2) is 0 Å². The summed E-state index contributed by atoms with van der Waals surface area (Å²) in [5, 5.41) is 12.8. The van der Waals surface area contributed by atoms with E-state index in [0.717, 1.165) is 6.42 Å². The number of urea groups is 1. The second-order valence-electron chi connectivity index (χ2n) is 5.40. The van der Waals surface area contributed by atoms with Gasteiger partial charge in [0.1, 0.15) is 19.3 Å². The third-order valence-electron chi connectivity index (χ3n) is 3.76.